The minimum absolute atomic E-state index is 0.457. The molecule has 0 fully saturated rings. The predicted molar refractivity (Wildman–Crippen MR) is 70.4 cm³/mol. The molecule has 0 amide bonds. The molecular formula is C13H10ClNOS. The van der Waals surface area contributed by atoms with Crippen LogP contribution in [0.15, 0.2) is 53.6 Å². The third-order valence-electron chi connectivity index (χ3n) is 2.22. The molecule has 0 unspecified atom stereocenters. The summed E-state index contributed by atoms with van der Waals surface area (Å²) in [5, 5.41) is -0.457. The van der Waals surface area contributed by atoms with E-state index in [9.17, 15) is 4.79 Å². The van der Waals surface area contributed by atoms with Crippen LogP contribution >= 0.6 is 23.4 Å². The van der Waals surface area contributed by atoms with Crippen molar-refractivity contribution in [3.05, 3.63) is 59.9 Å². The molecule has 17 heavy (non-hydrogen) atoms. The van der Waals surface area contributed by atoms with Crippen LogP contribution in [-0.4, -0.2) is 10.2 Å². The summed E-state index contributed by atoms with van der Waals surface area (Å²) in [5.74, 6) is 0.638. The zero-order valence-corrected chi connectivity index (χ0v) is 10.5. The Balaban J connectivity index is 2.12. The molecule has 0 saturated heterocycles. The number of benzene rings is 1. The van der Waals surface area contributed by atoms with Gasteiger partial charge in [0.1, 0.15) is 0 Å². The van der Waals surface area contributed by atoms with Gasteiger partial charge in [0.05, 0.1) is 11.3 Å². The average Bonchev–Trinajstić information content (AvgIpc) is 2.38. The topological polar surface area (TPSA) is 30.0 Å². The third-order valence-corrected chi connectivity index (χ3v) is 3.45. The Hall–Kier alpha value is -1.32. The van der Waals surface area contributed by atoms with E-state index >= 15 is 0 Å². The number of nitrogens with zero attached hydrogens (tertiary/aromatic N) is 1. The maximum absolute atomic E-state index is 11.2. The summed E-state index contributed by atoms with van der Waals surface area (Å²) in [6, 6.07) is 13.4. The Kier molecular flexibility index (Phi) is 4.18. The van der Waals surface area contributed by atoms with Gasteiger partial charge >= 0.3 is 0 Å². The van der Waals surface area contributed by atoms with E-state index in [2.05, 4.69) is 4.98 Å². The lowest BCUT2D eigenvalue weighted by atomic mass is 10.2. The Labute approximate surface area is 109 Å². The molecule has 1 aromatic carbocycles. The Morgan fingerprint density at radius 1 is 1.18 bits per heavy atom. The van der Waals surface area contributed by atoms with Gasteiger partial charge in [0.2, 0.25) is 0 Å². The van der Waals surface area contributed by atoms with Crippen molar-refractivity contribution in [1.82, 2.24) is 4.98 Å². The fraction of sp³-hybridized carbons (Fsp3) is 0.0769. The van der Waals surface area contributed by atoms with Gasteiger partial charge in [-0.1, -0.05) is 18.2 Å². The Bertz CT molecular complexity index is 516. The smallest absolute Gasteiger partial charge is 0.254 e. The van der Waals surface area contributed by atoms with Crippen molar-refractivity contribution in [3.8, 4) is 0 Å². The molecular weight excluding hydrogens is 254 g/mol. The number of carbonyl (C=O) groups is 1. The third kappa shape index (κ3) is 3.32. The molecule has 0 aliphatic carbocycles. The molecule has 0 saturated carbocycles. The molecule has 0 radical (unpaired) electrons. The van der Waals surface area contributed by atoms with Gasteiger partial charge in [-0.05, 0) is 35.9 Å². The van der Waals surface area contributed by atoms with Crippen LogP contribution < -0.4 is 0 Å². The highest BCUT2D eigenvalue weighted by Gasteiger charge is 2.09. The highest BCUT2D eigenvalue weighted by Crippen LogP contribution is 2.23. The lowest BCUT2D eigenvalue weighted by molar-refractivity contribution is 0.108. The molecule has 2 aromatic rings. The number of rotatable bonds is 4. The highest BCUT2D eigenvalue weighted by molar-refractivity contribution is 7.98. The maximum Gasteiger partial charge on any atom is 0.254 e. The summed E-state index contributed by atoms with van der Waals surface area (Å²) < 4.78 is 0. The second-order valence-corrected chi connectivity index (χ2v) is 4.77. The first kappa shape index (κ1) is 12.1. The van der Waals surface area contributed by atoms with Crippen LogP contribution in [0, 0.1) is 0 Å². The van der Waals surface area contributed by atoms with E-state index in [1.54, 1.807) is 30.1 Å². The molecule has 0 aliphatic rings. The van der Waals surface area contributed by atoms with Gasteiger partial charge in [0.25, 0.3) is 5.24 Å². The number of hydrogen-bond acceptors (Lipinski definition) is 3. The number of pyridine rings is 1. The first-order valence-electron chi connectivity index (χ1n) is 5.09. The summed E-state index contributed by atoms with van der Waals surface area (Å²) >= 11 is 7.13. The van der Waals surface area contributed by atoms with Crippen molar-refractivity contribution >= 4 is 28.6 Å². The number of thioether (sulfide) groups is 1. The zero-order chi connectivity index (χ0) is 12.1. The average molecular weight is 264 g/mol. The molecule has 0 N–H and O–H groups in total. The van der Waals surface area contributed by atoms with Gasteiger partial charge in [-0.25, -0.2) is 0 Å². The van der Waals surface area contributed by atoms with Crippen molar-refractivity contribution in [2.24, 2.45) is 0 Å². The van der Waals surface area contributed by atoms with E-state index in [1.165, 1.54) is 0 Å². The van der Waals surface area contributed by atoms with E-state index in [-0.39, 0.29) is 0 Å². The van der Waals surface area contributed by atoms with Crippen LogP contribution in [0.4, 0.5) is 0 Å². The second kappa shape index (κ2) is 5.84. The number of carbonyl (C=O) groups excluding carboxylic acids is 1. The van der Waals surface area contributed by atoms with Crippen LogP contribution in [0.1, 0.15) is 16.1 Å². The van der Waals surface area contributed by atoms with Crippen molar-refractivity contribution in [2.75, 3.05) is 0 Å². The minimum Gasteiger partial charge on any atom is -0.276 e. The van der Waals surface area contributed by atoms with Gasteiger partial charge in [0, 0.05) is 16.8 Å². The van der Waals surface area contributed by atoms with Gasteiger partial charge in [-0.2, -0.15) is 0 Å². The fourth-order valence-electron chi connectivity index (χ4n) is 1.40. The summed E-state index contributed by atoms with van der Waals surface area (Å²) in [4.78, 5) is 16.5. The van der Waals surface area contributed by atoms with Gasteiger partial charge in [0.15, 0.2) is 0 Å². The second-order valence-electron chi connectivity index (χ2n) is 3.37. The lowest BCUT2D eigenvalue weighted by Crippen LogP contribution is -1.98. The van der Waals surface area contributed by atoms with E-state index in [0.29, 0.717) is 11.3 Å². The lowest BCUT2D eigenvalue weighted by Gasteiger charge is -2.04. The highest BCUT2D eigenvalue weighted by atomic mass is 35.5. The quantitative estimate of drug-likeness (QED) is 0.622. The molecule has 4 heteroatoms. The fourth-order valence-corrected chi connectivity index (χ4v) is 2.46. The largest absolute Gasteiger partial charge is 0.276 e. The zero-order valence-electron chi connectivity index (χ0n) is 8.97. The Morgan fingerprint density at radius 2 is 1.94 bits per heavy atom. The van der Waals surface area contributed by atoms with E-state index in [4.69, 9.17) is 11.6 Å². The van der Waals surface area contributed by atoms with Gasteiger partial charge in [-0.15, -0.1) is 11.8 Å². The van der Waals surface area contributed by atoms with Crippen LogP contribution in [0.5, 0.6) is 0 Å². The monoisotopic (exact) mass is 263 g/mol. The molecule has 1 aromatic heterocycles. The SMILES string of the molecule is O=C(Cl)c1cccnc1CSc1ccccc1. The van der Waals surface area contributed by atoms with Crippen molar-refractivity contribution < 1.29 is 4.79 Å². The molecule has 0 atom stereocenters. The van der Waals surface area contributed by atoms with Gasteiger partial charge < -0.3 is 0 Å². The van der Waals surface area contributed by atoms with Crippen LogP contribution in [0.25, 0.3) is 0 Å². The van der Waals surface area contributed by atoms with Crippen LogP contribution in [0.2, 0.25) is 0 Å². The van der Waals surface area contributed by atoms with E-state index in [0.717, 1.165) is 10.6 Å². The standard InChI is InChI=1S/C13H10ClNOS/c14-13(16)11-7-4-8-15-12(11)9-17-10-5-2-1-3-6-10/h1-8H,9H2. The van der Waals surface area contributed by atoms with Crippen LogP contribution in [-0.2, 0) is 5.75 Å². The first-order chi connectivity index (χ1) is 8.27. The molecule has 86 valence electrons. The van der Waals surface area contributed by atoms with E-state index < -0.39 is 5.24 Å². The Morgan fingerprint density at radius 3 is 2.65 bits per heavy atom. The van der Waals surface area contributed by atoms with E-state index in [1.807, 2.05) is 30.3 Å². The maximum atomic E-state index is 11.2. The number of hydrogen-bond donors (Lipinski definition) is 0. The van der Waals surface area contributed by atoms with Gasteiger partial charge in [-0.3, -0.25) is 9.78 Å². The minimum atomic E-state index is -0.457. The first-order valence-corrected chi connectivity index (χ1v) is 6.45. The van der Waals surface area contributed by atoms with Crippen molar-refractivity contribution in [1.29, 1.82) is 0 Å². The number of aromatic nitrogens is 1. The molecule has 0 spiro atoms. The summed E-state index contributed by atoms with van der Waals surface area (Å²) in [6.07, 6.45) is 1.67. The molecule has 2 nitrogen and oxygen atoms in total. The molecule has 0 bridgehead atoms. The molecule has 0 aliphatic heterocycles. The summed E-state index contributed by atoms with van der Waals surface area (Å²) in [7, 11) is 0. The van der Waals surface area contributed by atoms with Crippen LogP contribution in [0.3, 0.4) is 0 Å². The molecule has 1 heterocycles. The summed E-state index contributed by atoms with van der Waals surface area (Å²) in [6.45, 7) is 0. The summed E-state index contributed by atoms with van der Waals surface area (Å²) in [5.41, 5.74) is 1.21. The van der Waals surface area contributed by atoms with Crippen molar-refractivity contribution in [3.63, 3.8) is 0 Å². The van der Waals surface area contributed by atoms with Crippen molar-refractivity contribution in [2.45, 2.75) is 10.6 Å². The predicted octanol–water partition coefficient (Wildman–Crippen LogP) is 3.75. The number of halogens is 1. The molecule has 2 rings (SSSR count). The normalized spacial score (nSPS) is 10.2.